The number of fused-ring (bicyclic) bond motifs is 1. The van der Waals surface area contributed by atoms with Gasteiger partial charge in [0.1, 0.15) is 12.2 Å². The molecule has 0 atom stereocenters. The summed E-state index contributed by atoms with van der Waals surface area (Å²) in [5, 5.41) is 22.6. The summed E-state index contributed by atoms with van der Waals surface area (Å²) in [5.74, 6) is -3.31. The summed E-state index contributed by atoms with van der Waals surface area (Å²) in [4.78, 5) is 11.3. The van der Waals surface area contributed by atoms with E-state index < -0.39 is 18.2 Å². The van der Waals surface area contributed by atoms with E-state index in [0.29, 0.717) is 29.3 Å². The lowest BCUT2D eigenvalue weighted by Crippen LogP contribution is -2.30. The van der Waals surface area contributed by atoms with E-state index in [1.165, 1.54) is 24.5 Å². The van der Waals surface area contributed by atoms with Gasteiger partial charge in [-0.05, 0) is 30.3 Å². The molecular formula is C21H19Cl2F2N7O. The van der Waals surface area contributed by atoms with Crippen molar-refractivity contribution < 1.29 is 14.0 Å². The van der Waals surface area contributed by atoms with Crippen LogP contribution in [0, 0.1) is 0 Å². The van der Waals surface area contributed by atoms with Crippen molar-refractivity contribution in [2.24, 2.45) is 4.99 Å². The summed E-state index contributed by atoms with van der Waals surface area (Å²) in [5.41, 5.74) is 1.26. The van der Waals surface area contributed by atoms with E-state index in [4.69, 9.17) is 23.2 Å². The zero-order valence-corrected chi connectivity index (χ0v) is 18.7. The summed E-state index contributed by atoms with van der Waals surface area (Å²) in [6.45, 7) is -0.0280. The van der Waals surface area contributed by atoms with E-state index in [2.05, 4.69) is 30.5 Å². The normalized spacial score (nSPS) is 12.5. The Hall–Kier alpha value is -3.08. The van der Waals surface area contributed by atoms with Crippen molar-refractivity contribution in [1.29, 1.82) is 0 Å². The summed E-state index contributed by atoms with van der Waals surface area (Å²) in [7, 11) is 0. The third-order valence-electron chi connectivity index (χ3n) is 4.91. The molecule has 0 spiro atoms. The Morgan fingerprint density at radius 2 is 2.03 bits per heavy atom. The van der Waals surface area contributed by atoms with Gasteiger partial charge >= 0.3 is 5.92 Å². The summed E-state index contributed by atoms with van der Waals surface area (Å²) in [6.07, 6.45) is 2.84. The van der Waals surface area contributed by atoms with Crippen molar-refractivity contribution in [3.05, 3.63) is 81.5 Å². The Balaban J connectivity index is 1.43. The number of nitrogens with zero attached hydrogens (tertiary/aromatic N) is 5. The Kier molecular flexibility index (Phi) is 6.87. The first-order valence-corrected chi connectivity index (χ1v) is 10.7. The molecule has 0 fully saturated rings. The smallest absolute Gasteiger partial charge is 0.308 e. The largest absolute Gasteiger partial charge is 0.425 e. The van der Waals surface area contributed by atoms with E-state index in [1.807, 2.05) is 12.1 Å². The predicted molar refractivity (Wildman–Crippen MR) is 119 cm³/mol. The van der Waals surface area contributed by atoms with Gasteiger partial charge < -0.3 is 10.5 Å². The van der Waals surface area contributed by atoms with Crippen LogP contribution in [0.4, 0.5) is 8.78 Å². The van der Waals surface area contributed by atoms with Gasteiger partial charge in [0.15, 0.2) is 0 Å². The second kappa shape index (κ2) is 9.82. The van der Waals surface area contributed by atoms with E-state index >= 15 is 0 Å². The lowest BCUT2D eigenvalue weighted by Gasteiger charge is -2.13. The molecule has 3 N–H and O–H groups in total. The Labute approximate surface area is 196 Å². The Morgan fingerprint density at radius 3 is 2.82 bits per heavy atom. The van der Waals surface area contributed by atoms with Crippen LogP contribution in [-0.2, 0) is 18.9 Å². The standard InChI is InChI=1S/C21H19Cl2F2N7O/c22-13-4-5-16-14(9-13)17(31-30-16)11-26-8-6-18-15(23)10-28-20(32(18)33)29-12-21(24,25)19-3-1-2-7-27-19/h1-5,7,9-10,26,33H,6,8,11-12H2,(H,30,31). The average molecular weight is 494 g/mol. The number of aromatic nitrogens is 5. The van der Waals surface area contributed by atoms with E-state index in [0.717, 1.165) is 16.6 Å². The van der Waals surface area contributed by atoms with Crippen molar-refractivity contribution in [3.8, 4) is 0 Å². The van der Waals surface area contributed by atoms with Gasteiger partial charge in [-0.3, -0.25) is 10.1 Å². The molecule has 172 valence electrons. The fourth-order valence-electron chi connectivity index (χ4n) is 3.22. The van der Waals surface area contributed by atoms with Crippen LogP contribution in [0.1, 0.15) is 17.1 Å². The number of halogens is 4. The molecule has 0 saturated heterocycles. The monoisotopic (exact) mass is 493 g/mol. The third kappa shape index (κ3) is 5.29. The Bertz CT molecular complexity index is 1330. The number of nitrogens with one attached hydrogen (secondary N) is 2. The quantitative estimate of drug-likeness (QED) is 0.256. The maximum atomic E-state index is 14.3. The zero-order valence-electron chi connectivity index (χ0n) is 17.1. The van der Waals surface area contributed by atoms with Crippen LogP contribution in [0.25, 0.3) is 10.9 Å². The number of hydrogen-bond acceptors (Lipinski definition) is 6. The molecule has 4 rings (SSSR count). The van der Waals surface area contributed by atoms with Crippen molar-refractivity contribution in [2.45, 2.75) is 18.9 Å². The molecule has 0 saturated carbocycles. The molecule has 4 aromatic rings. The summed E-state index contributed by atoms with van der Waals surface area (Å²) >= 11 is 12.2. The molecule has 0 aliphatic carbocycles. The van der Waals surface area contributed by atoms with Gasteiger partial charge in [-0.1, -0.05) is 29.3 Å². The number of aromatic amines is 1. The third-order valence-corrected chi connectivity index (χ3v) is 5.46. The second-order valence-electron chi connectivity index (χ2n) is 7.19. The van der Waals surface area contributed by atoms with Crippen molar-refractivity contribution in [2.75, 3.05) is 13.1 Å². The number of pyridine rings is 1. The van der Waals surface area contributed by atoms with Crippen LogP contribution in [-0.4, -0.2) is 43.2 Å². The number of alkyl halides is 2. The molecule has 0 amide bonds. The van der Waals surface area contributed by atoms with Crippen molar-refractivity contribution in [1.82, 2.24) is 30.2 Å². The topological polar surface area (TPSA) is 104 Å². The number of hydrogen-bond donors (Lipinski definition) is 3. The highest BCUT2D eigenvalue weighted by molar-refractivity contribution is 6.31. The van der Waals surface area contributed by atoms with Crippen LogP contribution in [0.2, 0.25) is 10.0 Å². The zero-order chi connectivity index (χ0) is 23.4. The molecule has 12 heteroatoms. The van der Waals surface area contributed by atoms with E-state index in [1.54, 1.807) is 12.1 Å². The summed E-state index contributed by atoms with van der Waals surface area (Å²) < 4.78 is 29.3. The van der Waals surface area contributed by atoms with Crippen molar-refractivity contribution in [3.63, 3.8) is 0 Å². The van der Waals surface area contributed by atoms with Gasteiger partial charge in [0, 0.05) is 36.1 Å². The molecule has 0 aliphatic rings. The first kappa shape index (κ1) is 23.1. The van der Waals surface area contributed by atoms with Gasteiger partial charge in [0.2, 0.25) is 0 Å². The van der Waals surface area contributed by atoms with Gasteiger partial charge in [-0.2, -0.15) is 18.6 Å². The first-order chi connectivity index (χ1) is 15.8. The number of rotatable bonds is 8. The molecule has 0 bridgehead atoms. The first-order valence-electron chi connectivity index (χ1n) is 9.94. The van der Waals surface area contributed by atoms with Crippen molar-refractivity contribution >= 4 is 34.1 Å². The maximum Gasteiger partial charge on any atom is 0.308 e. The minimum absolute atomic E-state index is 0.188. The SMILES string of the molecule is On1c(CCNCc2[nH]nc3ccc(Cl)cc23)c(Cl)cnc1=NCC(F)(F)c1ccccn1. The molecule has 8 nitrogen and oxygen atoms in total. The maximum absolute atomic E-state index is 14.3. The van der Waals surface area contributed by atoms with Crippen LogP contribution >= 0.6 is 23.2 Å². The number of H-pyrrole nitrogens is 1. The average Bonchev–Trinajstić information content (AvgIpc) is 3.20. The Morgan fingerprint density at radius 1 is 1.18 bits per heavy atom. The highest BCUT2D eigenvalue weighted by Gasteiger charge is 2.32. The molecule has 33 heavy (non-hydrogen) atoms. The van der Waals surface area contributed by atoms with Crippen LogP contribution in [0.15, 0.2) is 53.8 Å². The minimum Gasteiger partial charge on any atom is -0.425 e. The predicted octanol–water partition coefficient (Wildman–Crippen LogP) is 3.72. The second-order valence-corrected chi connectivity index (χ2v) is 8.03. The molecular weight excluding hydrogens is 475 g/mol. The lowest BCUT2D eigenvalue weighted by molar-refractivity contribution is 0.000205. The van der Waals surface area contributed by atoms with Gasteiger partial charge in [0.25, 0.3) is 5.62 Å². The van der Waals surface area contributed by atoms with Crippen LogP contribution in [0.5, 0.6) is 0 Å². The molecule has 3 aromatic heterocycles. The molecule has 0 radical (unpaired) electrons. The molecule has 0 unspecified atom stereocenters. The fourth-order valence-corrected chi connectivity index (χ4v) is 3.61. The molecule has 0 aliphatic heterocycles. The van der Waals surface area contributed by atoms with Gasteiger partial charge in [0.05, 0.1) is 28.1 Å². The van der Waals surface area contributed by atoms with Crippen LogP contribution in [0.3, 0.4) is 0 Å². The van der Waals surface area contributed by atoms with E-state index in [-0.39, 0.29) is 16.3 Å². The molecule has 3 heterocycles. The lowest BCUT2D eigenvalue weighted by atomic mass is 10.2. The van der Waals surface area contributed by atoms with E-state index in [9.17, 15) is 14.0 Å². The molecule has 1 aromatic carbocycles. The minimum atomic E-state index is -3.31. The highest BCUT2D eigenvalue weighted by Crippen LogP contribution is 2.26. The fraction of sp³-hybridized carbons (Fsp3) is 0.238. The number of benzene rings is 1. The van der Waals surface area contributed by atoms with Crippen LogP contribution < -0.4 is 10.9 Å². The summed E-state index contributed by atoms with van der Waals surface area (Å²) in [6, 6.07) is 9.64. The van der Waals surface area contributed by atoms with Gasteiger partial charge in [-0.25, -0.2) is 9.98 Å². The van der Waals surface area contributed by atoms with Gasteiger partial charge in [-0.15, -0.1) is 0 Å². The highest BCUT2D eigenvalue weighted by atomic mass is 35.5.